The molecule has 0 aliphatic rings. The molecule has 0 aliphatic carbocycles. The summed E-state index contributed by atoms with van der Waals surface area (Å²) < 4.78 is 1.97. The molecule has 1 N–H and O–H groups in total. The monoisotopic (exact) mass is 320 g/mol. The number of aromatic nitrogens is 3. The third-order valence-corrected chi connectivity index (χ3v) is 3.21. The minimum atomic E-state index is 0. The number of halogens is 2. The van der Waals surface area contributed by atoms with Crippen LogP contribution in [-0.2, 0) is 0 Å². The predicted octanol–water partition coefficient (Wildman–Crippen LogP) is -0.0267. The van der Waals surface area contributed by atoms with Gasteiger partial charge >= 0.3 is 0 Å². The van der Waals surface area contributed by atoms with Crippen LogP contribution in [0.15, 0.2) is 36.5 Å². The first-order chi connectivity index (χ1) is 9.65. The zero-order valence-corrected chi connectivity index (χ0v) is 13.2. The van der Waals surface area contributed by atoms with Gasteiger partial charge < -0.3 is 17.4 Å². The van der Waals surface area contributed by atoms with E-state index in [2.05, 4.69) is 15.0 Å². The summed E-state index contributed by atoms with van der Waals surface area (Å²) in [5.74, 6) is 0.635. The third-order valence-electron chi connectivity index (χ3n) is 2.94. The van der Waals surface area contributed by atoms with Crippen molar-refractivity contribution in [3.05, 3.63) is 47.2 Å². The predicted molar refractivity (Wildman–Crippen MR) is 81.6 cm³/mol. The Morgan fingerprint density at radius 2 is 1.86 bits per heavy atom. The number of hydrogen-bond acceptors (Lipinski definition) is 2. The van der Waals surface area contributed by atoms with Gasteiger partial charge in [0.05, 0.1) is 5.56 Å². The van der Waals surface area contributed by atoms with Gasteiger partial charge in [0.15, 0.2) is 17.2 Å². The fraction of sp³-hybridized carbons (Fsp3) is 0.133. The molecule has 0 unspecified atom stereocenters. The SMILES string of the molecule is C[N+](C)=Cc1c[nH]c2c(Cl)nc(-c3ccccc3)nc12.[Cl-]. The van der Waals surface area contributed by atoms with Gasteiger partial charge in [-0.2, -0.15) is 0 Å². The number of fused-ring (bicyclic) bond motifs is 1. The van der Waals surface area contributed by atoms with E-state index in [4.69, 9.17) is 11.6 Å². The van der Waals surface area contributed by atoms with Crippen molar-refractivity contribution < 1.29 is 17.0 Å². The Hall–Kier alpha value is -1.91. The second-order valence-electron chi connectivity index (χ2n) is 4.76. The summed E-state index contributed by atoms with van der Waals surface area (Å²) in [6.45, 7) is 0. The topological polar surface area (TPSA) is 44.6 Å². The molecule has 2 heterocycles. The van der Waals surface area contributed by atoms with E-state index in [0.717, 1.165) is 22.2 Å². The van der Waals surface area contributed by atoms with Crippen molar-refractivity contribution in [3.63, 3.8) is 0 Å². The van der Waals surface area contributed by atoms with Crippen molar-refractivity contribution in [3.8, 4) is 11.4 Å². The molecule has 108 valence electrons. The standard InChI is InChI=1S/C15H13ClN4.ClH/c1-20(2)9-11-8-17-13-12(11)18-15(19-14(13)16)10-6-4-3-5-7-10;/h3-9H,1-2H3;1H. The Morgan fingerprint density at radius 1 is 1.14 bits per heavy atom. The lowest BCUT2D eigenvalue weighted by Crippen LogP contribution is -3.00. The Balaban J connectivity index is 0.00000161. The maximum Gasteiger partial charge on any atom is 0.173 e. The molecule has 0 atom stereocenters. The molecule has 0 bridgehead atoms. The van der Waals surface area contributed by atoms with E-state index in [1.807, 2.05) is 61.4 Å². The summed E-state index contributed by atoms with van der Waals surface area (Å²) in [6.07, 6.45) is 3.89. The van der Waals surface area contributed by atoms with Crippen LogP contribution < -0.4 is 12.4 Å². The third kappa shape index (κ3) is 3.06. The summed E-state index contributed by atoms with van der Waals surface area (Å²) >= 11 is 6.25. The molecule has 3 aromatic rings. The molecule has 3 rings (SSSR count). The van der Waals surface area contributed by atoms with Gasteiger partial charge in [-0.1, -0.05) is 41.9 Å². The summed E-state index contributed by atoms with van der Waals surface area (Å²) in [7, 11) is 3.94. The van der Waals surface area contributed by atoms with Gasteiger partial charge in [0, 0.05) is 11.8 Å². The maximum absolute atomic E-state index is 6.25. The second-order valence-corrected chi connectivity index (χ2v) is 5.12. The Labute approximate surface area is 133 Å². The van der Waals surface area contributed by atoms with Crippen LogP contribution in [0, 0.1) is 0 Å². The van der Waals surface area contributed by atoms with Crippen LogP contribution in [0.25, 0.3) is 22.4 Å². The molecular formula is C15H14Cl2N4. The van der Waals surface area contributed by atoms with E-state index in [1.165, 1.54) is 0 Å². The zero-order chi connectivity index (χ0) is 14.1. The highest BCUT2D eigenvalue weighted by Gasteiger charge is 2.13. The molecule has 0 radical (unpaired) electrons. The number of nitrogens with one attached hydrogen (secondary N) is 1. The molecule has 21 heavy (non-hydrogen) atoms. The summed E-state index contributed by atoms with van der Waals surface area (Å²) in [6, 6.07) is 9.83. The molecule has 0 fully saturated rings. The Kier molecular flexibility index (Phi) is 4.60. The van der Waals surface area contributed by atoms with E-state index < -0.39 is 0 Å². The van der Waals surface area contributed by atoms with Crippen molar-refractivity contribution in [2.75, 3.05) is 14.1 Å². The lowest BCUT2D eigenvalue weighted by molar-refractivity contribution is -0.458. The minimum absolute atomic E-state index is 0. The van der Waals surface area contributed by atoms with E-state index in [-0.39, 0.29) is 12.4 Å². The minimum Gasteiger partial charge on any atom is -1.00 e. The molecule has 0 spiro atoms. The second kappa shape index (κ2) is 6.24. The summed E-state index contributed by atoms with van der Waals surface area (Å²) in [5, 5.41) is 0.437. The molecule has 0 amide bonds. The highest BCUT2D eigenvalue weighted by atomic mass is 35.5. The quantitative estimate of drug-likeness (QED) is 0.409. The number of hydrogen-bond donors (Lipinski definition) is 1. The molecule has 2 aromatic heterocycles. The van der Waals surface area contributed by atoms with E-state index in [0.29, 0.717) is 11.0 Å². The van der Waals surface area contributed by atoms with Gasteiger partial charge in [0.2, 0.25) is 0 Å². The summed E-state index contributed by atoms with van der Waals surface area (Å²) in [5.41, 5.74) is 3.54. The number of nitrogens with zero attached hydrogens (tertiary/aromatic N) is 3. The van der Waals surface area contributed by atoms with E-state index in [9.17, 15) is 0 Å². The van der Waals surface area contributed by atoms with Crippen LogP contribution in [0.2, 0.25) is 5.15 Å². The van der Waals surface area contributed by atoms with Crippen molar-refractivity contribution in [2.24, 2.45) is 0 Å². The maximum atomic E-state index is 6.25. The smallest absolute Gasteiger partial charge is 0.173 e. The first-order valence-corrected chi connectivity index (χ1v) is 6.64. The lowest BCUT2D eigenvalue weighted by Gasteiger charge is -2.01. The molecule has 0 saturated heterocycles. The van der Waals surface area contributed by atoms with Crippen molar-refractivity contribution in [1.82, 2.24) is 15.0 Å². The summed E-state index contributed by atoms with van der Waals surface area (Å²) in [4.78, 5) is 12.1. The zero-order valence-electron chi connectivity index (χ0n) is 11.6. The molecule has 4 nitrogen and oxygen atoms in total. The lowest BCUT2D eigenvalue weighted by atomic mass is 10.2. The molecule has 0 saturated carbocycles. The first-order valence-electron chi connectivity index (χ1n) is 6.26. The Bertz CT molecular complexity index is 790. The highest BCUT2D eigenvalue weighted by Crippen LogP contribution is 2.25. The van der Waals surface area contributed by atoms with Gasteiger partial charge in [-0.05, 0) is 0 Å². The van der Waals surface area contributed by atoms with E-state index >= 15 is 0 Å². The van der Waals surface area contributed by atoms with Crippen LogP contribution in [0.5, 0.6) is 0 Å². The van der Waals surface area contributed by atoms with Crippen LogP contribution in [0.1, 0.15) is 5.56 Å². The van der Waals surface area contributed by atoms with Gasteiger partial charge in [0.25, 0.3) is 0 Å². The highest BCUT2D eigenvalue weighted by molar-refractivity contribution is 6.34. The number of rotatable bonds is 2. The van der Waals surface area contributed by atoms with Crippen LogP contribution >= 0.6 is 11.6 Å². The Morgan fingerprint density at radius 3 is 2.52 bits per heavy atom. The fourth-order valence-electron chi connectivity index (χ4n) is 2.08. The fourth-order valence-corrected chi connectivity index (χ4v) is 2.31. The molecule has 1 aromatic carbocycles. The van der Waals surface area contributed by atoms with Crippen LogP contribution in [-0.4, -0.2) is 39.8 Å². The van der Waals surface area contributed by atoms with Crippen molar-refractivity contribution in [1.29, 1.82) is 0 Å². The average molecular weight is 321 g/mol. The van der Waals surface area contributed by atoms with Gasteiger partial charge in [0.1, 0.15) is 25.1 Å². The largest absolute Gasteiger partial charge is 1.00 e. The molecular weight excluding hydrogens is 307 g/mol. The normalized spacial score (nSPS) is 10.2. The number of benzene rings is 1. The molecule has 0 aliphatic heterocycles. The van der Waals surface area contributed by atoms with Crippen molar-refractivity contribution in [2.45, 2.75) is 0 Å². The van der Waals surface area contributed by atoms with Crippen LogP contribution in [0.4, 0.5) is 0 Å². The molecule has 6 heteroatoms. The average Bonchev–Trinajstić information content (AvgIpc) is 2.83. The van der Waals surface area contributed by atoms with E-state index in [1.54, 1.807) is 0 Å². The van der Waals surface area contributed by atoms with Crippen molar-refractivity contribution >= 4 is 28.8 Å². The number of aromatic amines is 1. The van der Waals surface area contributed by atoms with Gasteiger partial charge in [-0.3, -0.25) is 0 Å². The number of H-pyrrole nitrogens is 1. The van der Waals surface area contributed by atoms with Gasteiger partial charge in [-0.25, -0.2) is 14.5 Å². The van der Waals surface area contributed by atoms with Gasteiger partial charge in [-0.15, -0.1) is 0 Å². The van der Waals surface area contributed by atoms with Crippen LogP contribution in [0.3, 0.4) is 0 Å². The first kappa shape index (κ1) is 15.5.